The van der Waals surface area contributed by atoms with Gasteiger partial charge >= 0.3 is 0 Å². The molecule has 3 nitrogen and oxygen atoms in total. The molecule has 0 spiro atoms. The molecule has 2 aliphatic rings. The lowest BCUT2D eigenvalue weighted by Gasteiger charge is -2.38. The van der Waals surface area contributed by atoms with E-state index in [1.807, 2.05) is 6.07 Å². The zero-order valence-electron chi connectivity index (χ0n) is 15.6. The standard InChI is InChI=1S/C23H27N3/c1-18-2-4-19(5-3-18)8-12-25-13-10-22(11-14-25)26-15-9-21-7-6-20(17-24)16-23(21)26/h2-7,16,22H,8-15H2,1H3. The van der Waals surface area contributed by atoms with E-state index >= 15 is 0 Å². The monoisotopic (exact) mass is 345 g/mol. The zero-order valence-corrected chi connectivity index (χ0v) is 15.6. The number of aryl methyl sites for hydroxylation is 1. The summed E-state index contributed by atoms with van der Waals surface area (Å²) < 4.78 is 0. The Morgan fingerprint density at radius 2 is 1.81 bits per heavy atom. The Bertz CT molecular complexity index is 795. The Kier molecular flexibility index (Phi) is 4.95. The Morgan fingerprint density at radius 1 is 1.04 bits per heavy atom. The highest BCUT2D eigenvalue weighted by Crippen LogP contribution is 2.33. The second-order valence-electron chi connectivity index (χ2n) is 7.71. The predicted molar refractivity (Wildman–Crippen MR) is 107 cm³/mol. The highest BCUT2D eigenvalue weighted by molar-refractivity contribution is 5.62. The second kappa shape index (κ2) is 7.51. The summed E-state index contributed by atoms with van der Waals surface area (Å²) in [6.45, 7) is 6.77. The summed E-state index contributed by atoms with van der Waals surface area (Å²) in [5, 5.41) is 9.19. The number of nitriles is 1. The molecule has 1 saturated heterocycles. The van der Waals surface area contributed by atoms with Crippen molar-refractivity contribution in [2.75, 3.05) is 31.1 Å². The van der Waals surface area contributed by atoms with Crippen molar-refractivity contribution in [3.63, 3.8) is 0 Å². The number of anilines is 1. The molecule has 134 valence electrons. The Balaban J connectivity index is 1.32. The van der Waals surface area contributed by atoms with Crippen LogP contribution in [0.4, 0.5) is 5.69 Å². The van der Waals surface area contributed by atoms with Gasteiger partial charge in [-0.1, -0.05) is 35.9 Å². The van der Waals surface area contributed by atoms with E-state index in [0.29, 0.717) is 6.04 Å². The lowest BCUT2D eigenvalue weighted by molar-refractivity contribution is 0.212. The van der Waals surface area contributed by atoms with Crippen LogP contribution in [0.25, 0.3) is 0 Å². The summed E-state index contributed by atoms with van der Waals surface area (Å²) in [4.78, 5) is 5.17. The van der Waals surface area contributed by atoms with E-state index in [2.05, 4.69) is 59.2 Å². The minimum absolute atomic E-state index is 0.626. The quantitative estimate of drug-likeness (QED) is 0.841. The van der Waals surface area contributed by atoms with Gasteiger partial charge in [0.1, 0.15) is 0 Å². The number of likely N-dealkylation sites (tertiary alicyclic amines) is 1. The number of benzene rings is 2. The topological polar surface area (TPSA) is 30.3 Å². The van der Waals surface area contributed by atoms with Crippen LogP contribution in [-0.4, -0.2) is 37.1 Å². The SMILES string of the molecule is Cc1ccc(CCN2CCC(N3CCc4ccc(C#N)cc43)CC2)cc1. The maximum atomic E-state index is 9.19. The molecule has 0 N–H and O–H groups in total. The van der Waals surface area contributed by atoms with Gasteiger partial charge in [0.15, 0.2) is 0 Å². The van der Waals surface area contributed by atoms with Crippen LogP contribution >= 0.6 is 0 Å². The van der Waals surface area contributed by atoms with Crippen LogP contribution in [0.3, 0.4) is 0 Å². The molecule has 0 aliphatic carbocycles. The van der Waals surface area contributed by atoms with Gasteiger partial charge in [0, 0.05) is 37.9 Å². The molecule has 0 amide bonds. The molecule has 0 unspecified atom stereocenters. The maximum Gasteiger partial charge on any atom is 0.0992 e. The van der Waals surface area contributed by atoms with Gasteiger partial charge in [0.2, 0.25) is 0 Å². The fraction of sp³-hybridized carbons (Fsp3) is 0.435. The molecular weight excluding hydrogens is 318 g/mol. The Labute approximate surface area is 156 Å². The molecule has 0 saturated carbocycles. The number of hydrogen-bond donors (Lipinski definition) is 0. The average molecular weight is 345 g/mol. The summed E-state index contributed by atoms with van der Waals surface area (Å²) >= 11 is 0. The third-order valence-electron chi connectivity index (χ3n) is 5.98. The molecule has 2 aromatic carbocycles. The summed E-state index contributed by atoms with van der Waals surface area (Å²) in [5.41, 5.74) is 6.27. The second-order valence-corrected chi connectivity index (χ2v) is 7.71. The first-order valence-electron chi connectivity index (χ1n) is 9.80. The van der Waals surface area contributed by atoms with Gasteiger partial charge in [-0.05, 0) is 55.9 Å². The van der Waals surface area contributed by atoms with Crippen LogP contribution in [-0.2, 0) is 12.8 Å². The van der Waals surface area contributed by atoms with Crippen LogP contribution in [0.2, 0.25) is 0 Å². The number of fused-ring (bicyclic) bond motifs is 1. The molecule has 26 heavy (non-hydrogen) atoms. The molecule has 2 aliphatic heterocycles. The molecule has 0 atom stereocenters. The van der Waals surface area contributed by atoms with E-state index in [4.69, 9.17) is 0 Å². The predicted octanol–water partition coefficient (Wildman–Crippen LogP) is 3.94. The zero-order chi connectivity index (χ0) is 17.9. The van der Waals surface area contributed by atoms with Gasteiger partial charge < -0.3 is 9.80 Å². The highest BCUT2D eigenvalue weighted by atomic mass is 15.2. The van der Waals surface area contributed by atoms with E-state index in [9.17, 15) is 5.26 Å². The molecule has 0 aromatic heterocycles. The maximum absolute atomic E-state index is 9.19. The number of nitrogens with zero attached hydrogens (tertiary/aromatic N) is 3. The van der Waals surface area contributed by atoms with E-state index in [1.165, 1.54) is 48.3 Å². The fourth-order valence-electron chi connectivity index (χ4n) is 4.35. The largest absolute Gasteiger partial charge is 0.368 e. The first-order valence-corrected chi connectivity index (χ1v) is 9.80. The summed E-state index contributed by atoms with van der Waals surface area (Å²) in [6, 6.07) is 18.0. The van der Waals surface area contributed by atoms with Gasteiger partial charge in [-0.25, -0.2) is 0 Å². The number of rotatable bonds is 4. The fourth-order valence-corrected chi connectivity index (χ4v) is 4.35. The van der Waals surface area contributed by atoms with Crippen molar-refractivity contribution < 1.29 is 0 Å². The van der Waals surface area contributed by atoms with Crippen LogP contribution < -0.4 is 4.90 Å². The van der Waals surface area contributed by atoms with Crippen LogP contribution in [0, 0.1) is 18.3 Å². The highest BCUT2D eigenvalue weighted by Gasteiger charge is 2.29. The van der Waals surface area contributed by atoms with Crippen molar-refractivity contribution in [2.45, 2.75) is 38.6 Å². The van der Waals surface area contributed by atoms with E-state index in [1.54, 1.807) is 0 Å². The van der Waals surface area contributed by atoms with Crippen LogP contribution in [0.15, 0.2) is 42.5 Å². The van der Waals surface area contributed by atoms with Gasteiger partial charge in [-0.2, -0.15) is 5.26 Å². The van der Waals surface area contributed by atoms with E-state index < -0.39 is 0 Å². The first kappa shape index (κ1) is 17.1. The van der Waals surface area contributed by atoms with Gasteiger partial charge in [0.05, 0.1) is 11.6 Å². The number of hydrogen-bond acceptors (Lipinski definition) is 3. The van der Waals surface area contributed by atoms with Crippen molar-refractivity contribution >= 4 is 5.69 Å². The molecule has 2 aromatic rings. The lowest BCUT2D eigenvalue weighted by atomic mass is 10.0. The van der Waals surface area contributed by atoms with Crippen molar-refractivity contribution in [2.24, 2.45) is 0 Å². The summed E-state index contributed by atoms with van der Waals surface area (Å²) in [6.07, 6.45) is 4.71. The molecule has 4 rings (SSSR count). The summed E-state index contributed by atoms with van der Waals surface area (Å²) in [7, 11) is 0. The Hall–Kier alpha value is -2.31. The first-order chi connectivity index (χ1) is 12.7. The van der Waals surface area contributed by atoms with Gasteiger partial charge in [-0.3, -0.25) is 0 Å². The van der Waals surface area contributed by atoms with Crippen molar-refractivity contribution in [3.8, 4) is 6.07 Å². The minimum Gasteiger partial charge on any atom is -0.368 e. The Morgan fingerprint density at radius 3 is 2.54 bits per heavy atom. The third-order valence-corrected chi connectivity index (χ3v) is 5.98. The average Bonchev–Trinajstić information content (AvgIpc) is 3.11. The normalized spacial score (nSPS) is 17.9. The molecular formula is C23H27N3. The molecule has 3 heteroatoms. The minimum atomic E-state index is 0.626. The summed E-state index contributed by atoms with van der Waals surface area (Å²) in [5.74, 6) is 0. The van der Waals surface area contributed by atoms with Gasteiger partial charge in [0.25, 0.3) is 0 Å². The molecule has 0 radical (unpaired) electrons. The van der Waals surface area contributed by atoms with Gasteiger partial charge in [-0.15, -0.1) is 0 Å². The molecule has 0 bridgehead atoms. The smallest absolute Gasteiger partial charge is 0.0992 e. The van der Waals surface area contributed by atoms with Crippen molar-refractivity contribution in [1.29, 1.82) is 5.26 Å². The van der Waals surface area contributed by atoms with Crippen molar-refractivity contribution in [1.82, 2.24) is 4.90 Å². The van der Waals surface area contributed by atoms with Crippen LogP contribution in [0.5, 0.6) is 0 Å². The van der Waals surface area contributed by atoms with Crippen molar-refractivity contribution in [3.05, 3.63) is 64.7 Å². The lowest BCUT2D eigenvalue weighted by Crippen LogP contribution is -2.45. The van der Waals surface area contributed by atoms with E-state index in [0.717, 1.165) is 31.5 Å². The molecule has 2 heterocycles. The molecule has 1 fully saturated rings. The third kappa shape index (κ3) is 3.61. The van der Waals surface area contributed by atoms with Crippen LogP contribution in [0.1, 0.15) is 35.1 Å². The van der Waals surface area contributed by atoms with E-state index in [-0.39, 0.29) is 0 Å². The number of piperidine rings is 1.